The molecule has 0 radical (unpaired) electrons. The van der Waals surface area contributed by atoms with Gasteiger partial charge in [0.2, 0.25) is 0 Å². The van der Waals surface area contributed by atoms with E-state index in [1.807, 2.05) is 0 Å². The van der Waals surface area contributed by atoms with Crippen LogP contribution in [-0.2, 0) is 0 Å². The first-order valence-electron chi connectivity index (χ1n) is 3.77. The summed E-state index contributed by atoms with van der Waals surface area (Å²) in [6.07, 6.45) is 0. The van der Waals surface area contributed by atoms with Crippen LogP contribution in [0.5, 0.6) is 5.75 Å². The van der Waals surface area contributed by atoms with Gasteiger partial charge in [-0.2, -0.15) is 0 Å². The number of aromatic carboxylic acids is 1. The summed E-state index contributed by atoms with van der Waals surface area (Å²) >= 11 is 0. The highest BCUT2D eigenvalue weighted by atomic mass is 16.4. The van der Waals surface area contributed by atoms with Gasteiger partial charge in [-0.05, 0) is 19.1 Å². The zero-order chi connectivity index (χ0) is 11.1. The molecule has 0 aromatic heterocycles. The van der Waals surface area contributed by atoms with E-state index in [1.165, 1.54) is 19.1 Å². The average Bonchev–Trinajstić information content (AvgIpc) is 2.03. The van der Waals surface area contributed by atoms with E-state index in [0.717, 1.165) is 0 Å². The summed E-state index contributed by atoms with van der Waals surface area (Å²) in [7, 11) is 0. The lowest BCUT2D eigenvalue weighted by molar-refractivity contribution is 0.0694. The van der Waals surface area contributed by atoms with Gasteiger partial charge in [0.25, 0.3) is 0 Å². The summed E-state index contributed by atoms with van der Waals surface area (Å²) < 4.78 is 0. The minimum atomic E-state index is -1.11. The molecule has 0 amide bonds. The van der Waals surface area contributed by atoms with Crippen molar-refractivity contribution in [3.05, 3.63) is 29.8 Å². The zero-order valence-electron chi connectivity index (χ0n) is 7.69. The van der Waals surface area contributed by atoms with Crippen LogP contribution in [0.15, 0.2) is 24.3 Å². The predicted molar refractivity (Wildman–Crippen MR) is 52.7 cm³/mol. The molecule has 0 spiro atoms. The van der Waals surface area contributed by atoms with Crippen LogP contribution in [0.1, 0.15) is 17.3 Å². The predicted octanol–water partition coefficient (Wildman–Crippen LogP) is 1.03. The number of phenols is 1. The smallest absolute Gasteiger partial charge is 0.339 e. The Bertz CT molecular complexity index is 333. The minimum absolute atomic E-state index is 0.0671. The summed E-state index contributed by atoms with van der Waals surface area (Å²) in [4.78, 5) is 10.3. The molecule has 0 aliphatic carbocycles. The Morgan fingerprint density at radius 2 is 1.86 bits per heavy atom. The molecule has 1 rings (SSSR count). The Hall–Kier alpha value is -2.04. The molecule has 1 aromatic rings. The van der Waals surface area contributed by atoms with Gasteiger partial charge >= 0.3 is 5.97 Å². The van der Waals surface area contributed by atoms with Crippen LogP contribution < -0.4 is 5.73 Å². The van der Waals surface area contributed by atoms with Crippen molar-refractivity contribution in [2.45, 2.75) is 6.92 Å². The number of nitrogens with one attached hydrogen (secondary N) is 1. The van der Waals surface area contributed by atoms with E-state index in [0.29, 0.717) is 0 Å². The van der Waals surface area contributed by atoms with Crippen LogP contribution in [0.2, 0.25) is 0 Å². The second-order valence-electron chi connectivity index (χ2n) is 2.51. The molecule has 5 heteroatoms. The molecular formula is C9H12N2O3. The van der Waals surface area contributed by atoms with Gasteiger partial charge in [0.05, 0.1) is 5.84 Å². The number of rotatable bonds is 1. The standard InChI is InChI=1S/C7H6O3.C2H6N2/c8-6-4-2-1-3-5(6)7(9)10;1-2(3)4/h1-4,8H,(H,9,10);1H3,(H3,3,4). The normalized spacial score (nSPS) is 8.36. The van der Waals surface area contributed by atoms with Crippen LogP contribution in [0.25, 0.3) is 0 Å². The molecular weight excluding hydrogens is 184 g/mol. The van der Waals surface area contributed by atoms with E-state index < -0.39 is 5.97 Å². The number of carboxylic acid groups (broad SMARTS) is 1. The van der Waals surface area contributed by atoms with Crippen molar-refractivity contribution >= 4 is 11.8 Å². The van der Waals surface area contributed by atoms with Gasteiger partial charge in [-0.15, -0.1) is 0 Å². The lowest BCUT2D eigenvalue weighted by atomic mass is 10.2. The zero-order valence-corrected chi connectivity index (χ0v) is 7.69. The Morgan fingerprint density at radius 3 is 2.14 bits per heavy atom. The highest BCUT2D eigenvalue weighted by Gasteiger charge is 2.05. The van der Waals surface area contributed by atoms with E-state index in [9.17, 15) is 4.79 Å². The molecule has 0 fully saturated rings. The van der Waals surface area contributed by atoms with E-state index >= 15 is 0 Å². The van der Waals surface area contributed by atoms with E-state index in [1.54, 1.807) is 12.1 Å². The maximum atomic E-state index is 10.3. The van der Waals surface area contributed by atoms with Gasteiger partial charge < -0.3 is 15.9 Å². The number of carbonyl (C=O) groups is 1. The highest BCUT2D eigenvalue weighted by molar-refractivity contribution is 5.90. The summed E-state index contributed by atoms with van der Waals surface area (Å²) in [6, 6.07) is 5.81. The number of benzene rings is 1. The number of carboxylic acids is 1. The summed E-state index contributed by atoms with van der Waals surface area (Å²) in [5, 5.41) is 23.6. The first-order valence-corrected chi connectivity index (χ1v) is 3.77. The van der Waals surface area contributed by atoms with Crippen molar-refractivity contribution in [1.82, 2.24) is 0 Å². The lowest BCUT2D eigenvalue weighted by Crippen LogP contribution is -2.00. The fourth-order valence-electron chi connectivity index (χ4n) is 0.654. The van der Waals surface area contributed by atoms with Crippen molar-refractivity contribution in [2.24, 2.45) is 5.73 Å². The summed E-state index contributed by atoms with van der Waals surface area (Å²) in [5.74, 6) is -1.15. The first kappa shape index (κ1) is 12.0. The second-order valence-corrected chi connectivity index (χ2v) is 2.51. The molecule has 14 heavy (non-hydrogen) atoms. The Kier molecular flexibility index (Phi) is 4.77. The minimum Gasteiger partial charge on any atom is -0.507 e. The summed E-state index contributed by atoms with van der Waals surface area (Å²) in [6.45, 7) is 1.53. The lowest BCUT2D eigenvalue weighted by Gasteiger charge is -1.95. The molecule has 5 nitrogen and oxygen atoms in total. The molecule has 0 saturated carbocycles. The SMILES string of the molecule is CC(=N)N.O=C(O)c1ccccc1O. The maximum Gasteiger partial charge on any atom is 0.339 e. The Morgan fingerprint density at radius 1 is 1.43 bits per heavy atom. The third-order valence-corrected chi connectivity index (χ3v) is 1.13. The number of nitrogens with two attached hydrogens (primary N) is 1. The van der Waals surface area contributed by atoms with E-state index in [4.69, 9.17) is 21.4 Å². The van der Waals surface area contributed by atoms with Gasteiger partial charge in [0.1, 0.15) is 11.3 Å². The molecule has 1 aromatic carbocycles. The number of hydrogen-bond donors (Lipinski definition) is 4. The topological polar surface area (TPSA) is 107 Å². The largest absolute Gasteiger partial charge is 0.507 e. The Labute approximate surface area is 81.3 Å². The molecule has 0 heterocycles. The van der Waals surface area contributed by atoms with Crippen molar-refractivity contribution in [3.63, 3.8) is 0 Å². The van der Waals surface area contributed by atoms with Gasteiger partial charge in [0, 0.05) is 0 Å². The molecule has 5 N–H and O–H groups in total. The third kappa shape index (κ3) is 4.76. The fraction of sp³-hybridized carbons (Fsp3) is 0.111. The summed E-state index contributed by atoms with van der Waals surface area (Å²) in [5.41, 5.74) is 4.63. The fourth-order valence-corrected chi connectivity index (χ4v) is 0.654. The molecule has 0 aliphatic heterocycles. The van der Waals surface area contributed by atoms with E-state index in [2.05, 4.69) is 0 Å². The van der Waals surface area contributed by atoms with Crippen LogP contribution in [-0.4, -0.2) is 22.0 Å². The number of para-hydroxylation sites is 1. The molecule has 0 aliphatic rings. The number of hydrogen-bond acceptors (Lipinski definition) is 3. The molecule has 0 bridgehead atoms. The van der Waals surface area contributed by atoms with Crippen molar-refractivity contribution < 1.29 is 15.0 Å². The van der Waals surface area contributed by atoms with Crippen LogP contribution in [0.3, 0.4) is 0 Å². The van der Waals surface area contributed by atoms with E-state index in [-0.39, 0.29) is 17.1 Å². The van der Waals surface area contributed by atoms with Crippen LogP contribution >= 0.6 is 0 Å². The van der Waals surface area contributed by atoms with Gasteiger partial charge in [-0.25, -0.2) is 4.79 Å². The number of aromatic hydroxyl groups is 1. The maximum absolute atomic E-state index is 10.3. The van der Waals surface area contributed by atoms with Crippen LogP contribution in [0, 0.1) is 5.41 Å². The Balaban J connectivity index is 0.000000364. The molecule has 0 saturated heterocycles. The first-order chi connectivity index (χ1) is 6.45. The second kappa shape index (κ2) is 5.58. The third-order valence-electron chi connectivity index (χ3n) is 1.13. The van der Waals surface area contributed by atoms with Gasteiger partial charge in [0.15, 0.2) is 0 Å². The average molecular weight is 196 g/mol. The number of amidine groups is 1. The van der Waals surface area contributed by atoms with Crippen molar-refractivity contribution in [2.75, 3.05) is 0 Å². The quantitative estimate of drug-likeness (QED) is 0.397. The molecule has 0 atom stereocenters. The monoisotopic (exact) mass is 196 g/mol. The van der Waals surface area contributed by atoms with Gasteiger partial charge in [-0.1, -0.05) is 12.1 Å². The highest BCUT2D eigenvalue weighted by Crippen LogP contribution is 2.14. The van der Waals surface area contributed by atoms with Gasteiger partial charge in [-0.3, -0.25) is 5.41 Å². The molecule has 0 unspecified atom stereocenters. The molecule has 76 valence electrons. The van der Waals surface area contributed by atoms with Crippen molar-refractivity contribution in [1.29, 1.82) is 5.41 Å². The van der Waals surface area contributed by atoms with Crippen LogP contribution in [0.4, 0.5) is 0 Å². The van der Waals surface area contributed by atoms with Crippen molar-refractivity contribution in [3.8, 4) is 5.75 Å².